The number of hydrogen-bond donors (Lipinski definition) is 1. The maximum Gasteiger partial charge on any atom is 0.349 e. The molecule has 1 heterocycles. The van der Waals surface area contributed by atoms with Crippen molar-refractivity contribution in [2.45, 2.75) is 6.92 Å². The molecule has 2 rings (SSSR count). The fraction of sp³-hybridized carbons (Fsp3) is 0.167. The van der Waals surface area contributed by atoms with Gasteiger partial charge in [0.2, 0.25) is 5.95 Å². The largest absolute Gasteiger partial charge is 0.432 e. The van der Waals surface area contributed by atoms with Gasteiger partial charge in [-0.05, 0) is 41.1 Å². The lowest BCUT2D eigenvalue weighted by Crippen LogP contribution is -2.05. The Bertz CT molecular complexity index is 684. The van der Waals surface area contributed by atoms with Gasteiger partial charge >= 0.3 is 11.6 Å². The minimum atomic E-state index is -0.602. The molecule has 7 nitrogen and oxygen atoms in total. The summed E-state index contributed by atoms with van der Waals surface area (Å²) in [5.74, 6) is 0.473. The van der Waals surface area contributed by atoms with Crippen molar-refractivity contribution in [2.75, 3.05) is 11.9 Å². The third-order valence-electron chi connectivity index (χ3n) is 2.37. The van der Waals surface area contributed by atoms with E-state index in [0.29, 0.717) is 21.8 Å². The second-order valence-corrected chi connectivity index (χ2v) is 5.14. The maximum atomic E-state index is 11.0. The zero-order chi connectivity index (χ0) is 15.4. The van der Waals surface area contributed by atoms with Crippen LogP contribution in [0.2, 0.25) is 5.02 Å². The lowest BCUT2D eigenvalue weighted by molar-refractivity contribution is -0.386. The quantitative estimate of drug-likeness (QED) is 0.628. The first-order chi connectivity index (χ1) is 10.0. The molecule has 0 unspecified atom stereocenters. The standard InChI is InChI=1S/C12H10BrClN4O3/c1-2-15-12-16-6-9(18(19)20)11(17-12)21-10-4-3-7(14)5-8(10)13/h3-6H,2H2,1H3,(H,15,16,17). The Kier molecular flexibility index (Phi) is 4.92. The predicted molar refractivity (Wildman–Crippen MR) is 82.1 cm³/mol. The van der Waals surface area contributed by atoms with E-state index in [-0.39, 0.29) is 17.5 Å². The van der Waals surface area contributed by atoms with Gasteiger partial charge in [-0.3, -0.25) is 10.1 Å². The molecule has 0 radical (unpaired) electrons. The van der Waals surface area contributed by atoms with Crippen LogP contribution >= 0.6 is 27.5 Å². The number of nitrogens with zero attached hydrogens (tertiary/aromatic N) is 3. The first kappa shape index (κ1) is 15.5. The van der Waals surface area contributed by atoms with Gasteiger partial charge in [-0.2, -0.15) is 4.98 Å². The van der Waals surface area contributed by atoms with Gasteiger partial charge in [0.1, 0.15) is 11.9 Å². The number of ether oxygens (including phenoxy) is 1. The van der Waals surface area contributed by atoms with Crippen LogP contribution in [0.3, 0.4) is 0 Å². The molecule has 0 spiro atoms. The van der Waals surface area contributed by atoms with Crippen molar-refractivity contribution >= 4 is 39.2 Å². The van der Waals surface area contributed by atoms with Gasteiger partial charge in [-0.15, -0.1) is 0 Å². The minimum Gasteiger partial charge on any atom is -0.432 e. The van der Waals surface area contributed by atoms with E-state index < -0.39 is 4.92 Å². The average Bonchev–Trinajstić information content (AvgIpc) is 2.42. The fourth-order valence-electron chi connectivity index (χ4n) is 1.47. The summed E-state index contributed by atoms with van der Waals surface area (Å²) in [5, 5.41) is 14.4. The van der Waals surface area contributed by atoms with Gasteiger partial charge in [0.25, 0.3) is 0 Å². The molecule has 0 atom stereocenters. The van der Waals surface area contributed by atoms with E-state index in [1.54, 1.807) is 18.2 Å². The molecule has 2 aromatic rings. The molecule has 0 saturated carbocycles. The van der Waals surface area contributed by atoms with Crippen LogP contribution < -0.4 is 10.1 Å². The highest BCUT2D eigenvalue weighted by Gasteiger charge is 2.20. The first-order valence-electron chi connectivity index (χ1n) is 5.89. The van der Waals surface area contributed by atoms with Crippen molar-refractivity contribution in [1.29, 1.82) is 0 Å². The Morgan fingerprint density at radius 2 is 2.29 bits per heavy atom. The molecular weight excluding hydrogens is 364 g/mol. The van der Waals surface area contributed by atoms with E-state index in [4.69, 9.17) is 16.3 Å². The summed E-state index contributed by atoms with van der Waals surface area (Å²) in [6.45, 7) is 2.45. The minimum absolute atomic E-state index is 0.144. The Labute approximate surface area is 133 Å². The van der Waals surface area contributed by atoms with Crippen LogP contribution in [0.5, 0.6) is 11.6 Å². The molecule has 1 aromatic heterocycles. The van der Waals surface area contributed by atoms with E-state index >= 15 is 0 Å². The summed E-state index contributed by atoms with van der Waals surface area (Å²) in [7, 11) is 0. The number of hydrogen-bond acceptors (Lipinski definition) is 6. The molecule has 1 aromatic carbocycles. The van der Waals surface area contributed by atoms with Crippen LogP contribution in [-0.2, 0) is 0 Å². The highest BCUT2D eigenvalue weighted by Crippen LogP contribution is 2.35. The lowest BCUT2D eigenvalue weighted by atomic mass is 10.3. The molecule has 0 aliphatic carbocycles. The van der Waals surface area contributed by atoms with Gasteiger partial charge in [0.15, 0.2) is 0 Å². The summed E-state index contributed by atoms with van der Waals surface area (Å²) in [4.78, 5) is 18.3. The van der Waals surface area contributed by atoms with Gasteiger partial charge < -0.3 is 10.1 Å². The maximum absolute atomic E-state index is 11.0. The predicted octanol–water partition coefficient (Wildman–Crippen LogP) is 4.02. The van der Waals surface area contributed by atoms with E-state index in [0.717, 1.165) is 6.20 Å². The topological polar surface area (TPSA) is 90.2 Å². The van der Waals surface area contributed by atoms with Crippen molar-refractivity contribution in [3.63, 3.8) is 0 Å². The van der Waals surface area contributed by atoms with Crippen molar-refractivity contribution in [3.8, 4) is 11.6 Å². The Morgan fingerprint density at radius 3 is 2.90 bits per heavy atom. The third-order valence-corrected chi connectivity index (χ3v) is 3.22. The Balaban J connectivity index is 2.40. The molecule has 1 N–H and O–H groups in total. The molecule has 0 aliphatic heterocycles. The molecule has 0 aliphatic rings. The second kappa shape index (κ2) is 6.68. The van der Waals surface area contributed by atoms with Crippen LogP contribution in [0.1, 0.15) is 6.92 Å². The van der Waals surface area contributed by atoms with E-state index in [9.17, 15) is 10.1 Å². The summed E-state index contributed by atoms with van der Waals surface area (Å²) in [6.07, 6.45) is 1.10. The van der Waals surface area contributed by atoms with Gasteiger partial charge in [0.05, 0.1) is 9.40 Å². The summed E-state index contributed by atoms with van der Waals surface area (Å²) >= 11 is 9.12. The number of benzene rings is 1. The van der Waals surface area contributed by atoms with Crippen LogP contribution in [-0.4, -0.2) is 21.4 Å². The normalized spacial score (nSPS) is 10.2. The zero-order valence-electron chi connectivity index (χ0n) is 10.8. The number of nitro groups is 1. The van der Waals surface area contributed by atoms with Crippen LogP contribution in [0.15, 0.2) is 28.9 Å². The molecule has 0 saturated heterocycles. The Hall–Kier alpha value is -1.93. The lowest BCUT2D eigenvalue weighted by Gasteiger charge is -2.08. The van der Waals surface area contributed by atoms with Crippen molar-refractivity contribution in [3.05, 3.63) is 44.0 Å². The van der Waals surface area contributed by atoms with E-state index in [1.807, 2.05) is 6.92 Å². The van der Waals surface area contributed by atoms with E-state index in [1.165, 1.54) is 0 Å². The van der Waals surface area contributed by atoms with Gasteiger partial charge in [-0.25, -0.2) is 4.98 Å². The molecule has 9 heteroatoms. The number of halogens is 2. The van der Waals surface area contributed by atoms with Crippen LogP contribution in [0.25, 0.3) is 0 Å². The molecular formula is C12H10BrClN4O3. The molecule has 0 bridgehead atoms. The number of rotatable bonds is 5. The van der Waals surface area contributed by atoms with E-state index in [2.05, 4.69) is 31.2 Å². The highest BCUT2D eigenvalue weighted by atomic mass is 79.9. The van der Waals surface area contributed by atoms with Crippen LogP contribution in [0.4, 0.5) is 11.6 Å². The Morgan fingerprint density at radius 1 is 1.52 bits per heavy atom. The summed E-state index contributed by atoms with van der Waals surface area (Å²) < 4.78 is 6.07. The zero-order valence-corrected chi connectivity index (χ0v) is 13.2. The van der Waals surface area contributed by atoms with Crippen molar-refractivity contribution in [1.82, 2.24) is 9.97 Å². The second-order valence-electron chi connectivity index (χ2n) is 3.85. The smallest absolute Gasteiger partial charge is 0.349 e. The fourth-order valence-corrected chi connectivity index (χ4v) is 2.23. The molecule has 21 heavy (non-hydrogen) atoms. The van der Waals surface area contributed by atoms with Crippen molar-refractivity contribution < 1.29 is 9.66 Å². The van der Waals surface area contributed by atoms with Gasteiger partial charge in [0, 0.05) is 11.6 Å². The van der Waals surface area contributed by atoms with Gasteiger partial charge in [-0.1, -0.05) is 11.6 Å². The first-order valence-corrected chi connectivity index (χ1v) is 7.06. The third kappa shape index (κ3) is 3.79. The van der Waals surface area contributed by atoms with Crippen molar-refractivity contribution in [2.24, 2.45) is 0 Å². The summed E-state index contributed by atoms with van der Waals surface area (Å²) in [5.41, 5.74) is -0.321. The monoisotopic (exact) mass is 372 g/mol. The average molecular weight is 374 g/mol. The number of nitrogens with one attached hydrogen (secondary N) is 1. The molecule has 0 amide bonds. The highest BCUT2D eigenvalue weighted by molar-refractivity contribution is 9.10. The SMILES string of the molecule is CCNc1ncc([N+](=O)[O-])c(Oc2ccc(Cl)cc2Br)n1. The summed E-state index contributed by atoms with van der Waals surface area (Å²) in [6, 6.07) is 4.82. The molecule has 0 fully saturated rings. The number of aromatic nitrogens is 2. The number of anilines is 1. The van der Waals surface area contributed by atoms with Crippen LogP contribution in [0, 0.1) is 10.1 Å². The molecule has 110 valence electrons.